The van der Waals surface area contributed by atoms with Crippen LogP contribution in [0.2, 0.25) is 0 Å². The molecule has 0 aliphatic carbocycles. The fourth-order valence-corrected chi connectivity index (χ4v) is 3.97. The largest absolute Gasteiger partial charge is 0.330 e. The summed E-state index contributed by atoms with van der Waals surface area (Å²) in [5.74, 6) is -0.648. The predicted octanol–water partition coefficient (Wildman–Crippen LogP) is 5.03. The zero-order valence-corrected chi connectivity index (χ0v) is 16.8. The highest BCUT2D eigenvalue weighted by Gasteiger charge is 2.18. The number of aryl methyl sites for hydroxylation is 1. The van der Waals surface area contributed by atoms with Crippen molar-refractivity contribution in [3.63, 3.8) is 0 Å². The second kappa shape index (κ2) is 7.47. The highest BCUT2D eigenvalue weighted by molar-refractivity contribution is 6.05. The van der Waals surface area contributed by atoms with E-state index in [0.717, 1.165) is 22.0 Å². The predicted molar refractivity (Wildman–Crippen MR) is 117 cm³/mol. The molecule has 0 atom stereocenters. The average Bonchev–Trinajstić information content (AvgIpc) is 3.06. The van der Waals surface area contributed by atoms with E-state index in [1.807, 2.05) is 29.7 Å². The van der Waals surface area contributed by atoms with Crippen LogP contribution < -0.4 is 5.56 Å². The summed E-state index contributed by atoms with van der Waals surface area (Å²) in [4.78, 5) is 18.1. The van der Waals surface area contributed by atoms with Crippen LogP contribution >= 0.6 is 0 Å². The molecular formula is C25H19F2N3O. The van der Waals surface area contributed by atoms with E-state index in [0.29, 0.717) is 16.6 Å². The highest BCUT2D eigenvalue weighted by atomic mass is 19.1. The van der Waals surface area contributed by atoms with Crippen molar-refractivity contribution in [2.45, 2.75) is 20.0 Å². The number of benzene rings is 3. The van der Waals surface area contributed by atoms with E-state index in [4.69, 9.17) is 0 Å². The van der Waals surface area contributed by atoms with Gasteiger partial charge in [-0.3, -0.25) is 9.36 Å². The van der Waals surface area contributed by atoms with Crippen LogP contribution in [0, 0.1) is 18.6 Å². The Morgan fingerprint density at radius 3 is 2.48 bits per heavy atom. The van der Waals surface area contributed by atoms with Crippen LogP contribution in [-0.4, -0.2) is 14.1 Å². The SMILES string of the molecule is Cc1ccc2c(c1)c1ncn(Cc3ccc(F)cc3)c(=O)c1n2Cc1ccccc1F. The fraction of sp³-hybridized carbons (Fsp3) is 0.120. The smallest absolute Gasteiger partial charge is 0.278 e. The third-order valence-corrected chi connectivity index (χ3v) is 5.53. The van der Waals surface area contributed by atoms with Crippen molar-refractivity contribution in [2.24, 2.45) is 0 Å². The van der Waals surface area contributed by atoms with Gasteiger partial charge in [0.1, 0.15) is 22.7 Å². The molecular weight excluding hydrogens is 396 g/mol. The average molecular weight is 415 g/mol. The van der Waals surface area contributed by atoms with Crippen molar-refractivity contribution < 1.29 is 8.78 Å². The molecule has 5 aromatic rings. The number of hydrogen-bond acceptors (Lipinski definition) is 2. The summed E-state index contributed by atoms with van der Waals surface area (Å²) in [7, 11) is 0. The topological polar surface area (TPSA) is 39.8 Å². The summed E-state index contributed by atoms with van der Waals surface area (Å²) in [5, 5.41) is 0.859. The van der Waals surface area contributed by atoms with Gasteiger partial charge in [-0.25, -0.2) is 13.8 Å². The number of nitrogens with zero attached hydrogens (tertiary/aromatic N) is 3. The van der Waals surface area contributed by atoms with E-state index in [1.165, 1.54) is 29.1 Å². The van der Waals surface area contributed by atoms with Gasteiger partial charge in [-0.2, -0.15) is 0 Å². The van der Waals surface area contributed by atoms with E-state index >= 15 is 0 Å². The first kappa shape index (κ1) is 19.2. The molecule has 5 rings (SSSR count). The molecule has 0 aliphatic rings. The number of aromatic nitrogens is 3. The first-order chi connectivity index (χ1) is 15.0. The Morgan fingerprint density at radius 2 is 1.71 bits per heavy atom. The highest BCUT2D eigenvalue weighted by Crippen LogP contribution is 2.27. The molecule has 2 aromatic heterocycles. The van der Waals surface area contributed by atoms with Gasteiger partial charge in [0.15, 0.2) is 0 Å². The number of fused-ring (bicyclic) bond motifs is 3. The van der Waals surface area contributed by atoms with Crippen LogP contribution in [0.4, 0.5) is 8.78 Å². The molecule has 0 N–H and O–H groups in total. The molecule has 0 spiro atoms. The fourth-order valence-electron chi connectivity index (χ4n) is 3.97. The van der Waals surface area contributed by atoms with E-state index < -0.39 is 0 Å². The van der Waals surface area contributed by atoms with Gasteiger partial charge < -0.3 is 4.57 Å². The zero-order chi connectivity index (χ0) is 21.5. The summed E-state index contributed by atoms with van der Waals surface area (Å²) < 4.78 is 31.0. The normalized spacial score (nSPS) is 11.5. The Bertz CT molecular complexity index is 1480. The lowest BCUT2D eigenvalue weighted by Crippen LogP contribution is -2.23. The van der Waals surface area contributed by atoms with Gasteiger partial charge in [0, 0.05) is 10.9 Å². The van der Waals surface area contributed by atoms with Gasteiger partial charge in [0.25, 0.3) is 5.56 Å². The van der Waals surface area contributed by atoms with Crippen molar-refractivity contribution in [1.82, 2.24) is 14.1 Å². The van der Waals surface area contributed by atoms with Gasteiger partial charge in [0.05, 0.1) is 24.9 Å². The molecule has 0 radical (unpaired) electrons. The molecule has 0 saturated carbocycles. The van der Waals surface area contributed by atoms with E-state index in [-0.39, 0.29) is 30.3 Å². The van der Waals surface area contributed by atoms with Crippen LogP contribution in [-0.2, 0) is 13.1 Å². The molecule has 6 heteroatoms. The molecule has 154 valence electrons. The van der Waals surface area contributed by atoms with Crippen molar-refractivity contribution in [3.8, 4) is 0 Å². The third kappa shape index (κ3) is 3.40. The molecule has 0 fully saturated rings. The number of rotatable bonds is 4. The lowest BCUT2D eigenvalue weighted by molar-refractivity contribution is 0.603. The summed E-state index contributed by atoms with van der Waals surface area (Å²) in [6.07, 6.45) is 1.52. The quantitative estimate of drug-likeness (QED) is 0.413. The van der Waals surface area contributed by atoms with Gasteiger partial charge in [-0.15, -0.1) is 0 Å². The molecule has 0 bridgehead atoms. The number of hydrogen-bond donors (Lipinski definition) is 0. The van der Waals surface area contributed by atoms with Crippen molar-refractivity contribution >= 4 is 21.9 Å². The second-order valence-corrected chi connectivity index (χ2v) is 7.70. The monoisotopic (exact) mass is 415 g/mol. The molecule has 4 nitrogen and oxygen atoms in total. The maximum absolute atomic E-state index is 14.4. The van der Waals surface area contributed by atoms with E-state index in [1.54, 1.807) is 30.3 Å². The lowest BCUT2D eigenvalue weighted by atomic mass is 10.1. The van der Waals surface area contributed by atoms with Gasteiger partial charge in [0.2, 0.25) is 0 Å². The maximum atomic E-state index is 14.4. The van der Waals surface area contributed by atoms with E-state index in [2.05, 4.69) is 4.98 Å². The van der Waals surface area contributed by atoms with Crippen molar-refractivity contribution in [1.29, 1.82) is 0 Å². The summed E-state index contributed by atoms with van der Waals surface area (Å²) in [6, 6.07) is 18.5. The zero-order valence-electron chi connectivity index (χ0n) is 16.8. The summed E-state index contributed by atoms with van der Waals surface area (Å²) in [6.45, 7) is 2.46. The van der Waals surface area contributed by atoms with Gasteiger partial charge in [-0.1, -0.05) is 42.0 Å². The Kier molecular flexibility index (Phi) is 4.62. The molecule has 2 heterocycles. The number of halogens is 2. The Labute approximate surface area is 177 Å². The molecule has 3 aromatic carbocycles. The van der Waals surface area contributed by atoms with Crippen LogP contribution in [0.15, 0.2) is 77.9 Å². The van der Waals surface area contributed by atoms with E-state index in [9.17, 15) is 13.6 Å². The van der Waals surface area contributed by atoms with Crippen molar-refractivity contribution in [2.75, 3.05) is 0 Å². The Hall–Kier alpha value is -3.80. The van der Waals surface area contributed by atoms with Gasteiger partial charge in [-0.05, 0) is 42.8 Å². The lowest BCUT2D eigenvalue weighted by Gasteiger charge is -2.10. The standard InChI is InChI=1S/C25H19F2N3O/c1-16-6-11-22-20(12-16)23-24(30(22)14-18-4-2-3-5-21(18)27)25(31)29(15-28-23)13-17-7-9-19(26)10-8-17/h2-12,15H,13-14H2,1H3. The van der Waals surface area contributed by atoms with Crippen LogP contribution in [0.1, 0.15) is 16.7 Å². The molecule has 31 heavy (non-hydrogen) atoms. The van der Waals surface area contributed by atoms with Crippen molar-refractivity contribution in [3.05, 3.63) is 112 Å². The summed E-state index contributed by atoms with van der Waals surface area (Å²) >= 11 is 0. The first-order valence-electron chi connectivity index (χ1n) is 9.97. The van der Waals surface area contributed by atoms with Crippen LogP contribution in [0.25, 0.3) is 21.9 Å². The summed E-state index contributed by atoms with van der Waals surface area (Å²) in [5.41, 5.74) is 3.96. The minimum absolute atomic E-state index is 0.215. The Morgan fingerprint density at radius 1 is 0.935 bits per heavy atom. The molecule has 0 amide bonds. The maximum Gasteiger partial charge on any atom is 0.278 e. The molecule has 0 unspecified atom stereocenters. The third-order valence-electron chi connectivity index (χ3n) is 5.53. The molecule has 0 aliphatic heterocycles. The Balaban J connectivity index is 1.73. The second-order valence-electron chi connectivity index (χ2n) is 7.70. The van der Waals surface area contributed by atoms with Gasteiger partial charge >= 0.3 is 0 Å². The van der Waals surface area contributed by atoms with Crippen LogP contribution in [0.3, 0.4) is 0 Å². The van der Waals surface area contributed by atoms with Crippen LogP contribution in [0.5, 0.6) is 0 Å². The molecule has 0 saturated heterocycles. The minimum atomic E-state index is -0.329. The first-order valence-corrected chi connectivity index (χ1v) is 9.97. The minimum Gasteiger partial charge on any atom is -0.330 e.